The van der Waals surface area contributed by atoms with Crippen LogP contribution in [0.1, 0.15) is 34.1 Å². The van der Waals surface area contributed by atoms with Crippen molar-refractivity contribution in [2.45, 2.75) is 20.4 Å². The third-order valence-electron chi connectivity index (χ3n) is 6.32. The lowest BCUT2D eigenvalue weighted by Gasteiger charge is -2.08. The molecule has 1 aliphatic rings. The lowest BCUT2D eigenvalue weighted by molar-refractivity contribution is -0.121. The monoisotopic (exact) mass is 509 g/mol. The Morgan fingerprint density at radius 2 is 1.78 bits per heavy atom. The summed E-state index contributed by atoms with van der Waals surface area (Å²) >= 11 is 1.33. The van der Waals surface area contributed by atoms with Crippen molar-refractivity contribution in [2.24, 2.45) is 4.99 Å². The molecule has 0 atom stereocenters. The number of para-hydroxylation sites is 1. The van der Waals surface area contributed by atoms with E-state index >= 15 is 0 Å². The zero-order valence-corrected chi connectivity index (χ0v) is 21.8. The minimum atomic E-state index is -0.393. The number of benzene rings is 3. The smallest absolute Gasteiger partial charge is 0.338 e. The van der Waals surface area contributed by atoms with Crippen LogP contribution in [-0.4, -0.2) is 40.2 Å². The maximum atomic E-state index is 13.2. The van der Waals surface area contributed by atoms with Gasteiger partial charge in [0.15, 0.2) is 5.17 Å². The van der Waals surface area contributed by atoms with Crippen LogP contribution in [0.25, 0.3) is 17.0 Å². The molecule has 3 aromatic carbocycles. The number of fused-ring (bicyclic) bond motifs is 1. The number of amides is 1. The Hall–Kier alpha value is -4.10. The molecule has 1 aliphatic heterocycles. The fraction of sp³-hybridized carbons (Fsp3) is 0.167. The summed E-state index contributed by atoms with van der Waals surface area (Å²) < 4.78 is 7.38. The third-order valence-corrected chi connectivity index (χ3v) is 7.38. The molecule has 0 N–H and O–H groups in total. The molecule has 186 valence electrons. The predicted molar refractivity (Wildman–Crippen MR) is 150 cm³/mol. The fourth-order valence-electron chi connectivity index (χ4n) is 4.42. The highest BCUT2D eigenvalue weighted by Gasteiger charge is 2.31. The average Bonchev–Trinajstić information content (AvgIpc) is 3.33. The van der Waals surface area contributed by atoms with Crippen LogP contribution in [0.15, 0.2) is 88.8 Å². The van der Waals surface area contributed by atoms with Crippen molar-refractivity contribution in [1.82, 2.24) is 9.47 Å². The maximum Gasteiger partial charge on any atom is 0.338 e. The Balaban J connectivity index is 1.50. The summed E-state index contributed by atoms with van der Waals surface area (Å²) in [6, 6.07) is 25.6. The predicted octanol–water partition coefficient (Wildman–Crippen LogP) is 6.41. The molecule has 4 aromatic rings. The first-order chi connectivity index (χ1) is 18.0. The zero-order valence-electron chi connectivity index (χ0n) is 21.0. The van der Waals surface area contributed by atoms with E-state index in [2.05, 4.69) is 40.7 Å². The normalized spacial score (nSPS) is 15.8. The third kappa shape index (κ3) is 4.95. The van der Waals surface area contributed by atoms with E-state index in [4.69, 9.17) is 4.74 Å². The summed E-state index contributed by atoms with van der Waals surface area (Å²) in [6.07, 6.45) is 1.97. The number of aromatic nitrogens is 1. The standard InChI is InChI=1S/C30H27N3O3S/c1-4-36-29(35)22-13-10-14-23(17-22)31-30-32(3)28(34)27(37-30)18-25-20(2)33(19-21-11-6-5-7-12-21)26-16-9-8-15-24(25)26/h5-18H,4,19H2,1-3H3. The Morgan fingerprint density at radius 1 is 1.03 bits per heavy atom. The lowest BCUT2D eigenvalue weighted by atomic mass is 10.1. The van der Waals surface area contributed by atoms with Crippen molar-refractivity contribution in [2.75, 3.05) is 13.7 Å². The van der Waals surface area contributed by atoms with Gasteiger partial charge in [-0.2, -0.15) is 0 Å². The van der Waals surface area contributed by atoms with Crippen molar-refractivity contribution in [1.29, 1.82) is 0 Å². The van der Waals surface area contributed by atoms with E-state index in [9.17, 15) is 9.59 Å². The highest BCUT2D eigenvalue weighted by molar-refractivity contribution is 8.18. The molecule has 2 heterocycles. The van der Waals surface area contributed by atoms with Gasteiger partial charge in [0.2, 0.25) is 0 Å². The van der Waals surface area contributed by atoms with Gasteiger partial charge in [-0.25, -0.2) is 9.79 Å². The van der Waals surface area contributed by atoms with Crippen LogP contribution in [-0.2, 0) is 16.1 Å². The SMILES string of the molecule is CCOC(=O)c1cccc(N=C2SC(=Cc3c(C)n(Cc4ccccc4)c4ccccc34)C(=O)N2C)c1. The number of ether oxygens (including phenoxy) is 1. The van der Waals surface area contributed by atoms with E-state index in [0.29, 0.717) is 27.9 Å². The Kier molecular flexibility index (Phi) is 6.97. The summed E-state index contributed by atoms with van der Waals surface area (Å²) in [7, 11) is 1.72. The van der Waals surface area contributed by atoms with Crippen molar-refractivity contribution >= 4 is 51.5 Å². The van der Waals surface area contributed by atoms with Crippen LogP contribution in [0.2, 0.25) is 0 Å². The molecule has 6 nitrogen and oxygen atoms in total. The van der Waals surface area contributed by atoms with Crippen molar-refractivity contribution in [3.63, 3.8) is 0 Å². The van der Waals surface area contributed by atoms with Gasteiger partial charge in [0.1, 0.15) is 0 Å². The number of nitrogens with zero attached hydrogens (tertiary/aromatic N) is 3. The second kappa shape index (κ2) is 10.5. The number of aliphatic imine (C=N–C) groups is 1. The Morgan fingerprint density at radius 3 is 2.57 bits per heavy atom. The van der Waals surface area contributed by atoms with E-state index in [1.54, 1.807) is 43.1 Å². The molecule has 1 amide bonds. The molecular weight excluding hydrogens is 482 g/mol. The highest BCUT2D eigenvalue weighted by Crippen LogP contribution is 2.36. The van der Waals surface area contributed by atoms with E-state index in [-0.39, 0.29) is 5.91 Å². The highest BCUT2D eigenvalue weighted by atomic mass is 32.2. The van der Waals surface area contributed by atoms with Gasteiger partial charge >= 0.3 is 5.97 Å². The molecular formula is C30H27N3O3S. The van der Waals surface area contributed by atoms with Gasteiger partial charge in [0.25, 0.3) is 5.91 Å². The van der Waals surface area contributed by atoms with Crippen LogP contribution in [0.3, 0.4) is 0 Å². The Bertz CT molecular complexity index is 1550. The number of likely N-dealkylation sites (N-methyl/N-ethyl adjacent to an activating group) is 1. The maximum absolute atomic E-state index is 13.2. The molecule has 0 unspecified atom stereocenters. The van der Waals surface area contributed by atoms with Crippen molar-refractivity contribution in [3.8, 4) is 0 Å². The molecule has 0 bridgehead atoms. The molecule has 7 heteroatoms. The van der Waals surface area contributed by atoms with Gasteiger partial charge in [-0.1, -0.05) is 54.6 Å². The number of hydrogen-bond donors (Lipinski definition) is 0. The summed E-state index contributed by atoms with van der Waals surface area (Å²) in [5.74, 6) is -0.499. The van der Waals surface area contributed by atoms with E-state index in [0.717, 1.165) is 28.7 Å². The van der Waals surface area contributed by atoms with Gasteiger partial charge in [0, 0.05) is 35.8 Å². The molecule has 0 radical (unpaired) electrons. The van der Waals surface area contributed by atoms with Crippen LogP contribution in [0.4, 0.5) is 5.69 Å². The lowest BCUT2D eigenvalue weighted by Crippen LogP contribution is -2.23. The van der Waals surface area contributed by atoms with Gasteiger partial charge in [0.05, 0.1) is 22.8 Å². The number of rotatable bonds is 6. The number of esters is 1. The number of carbonyl (C=O) groups is 2. The van der Waals surface area contributed by atoms with E-state index in [1.807, 2.05) is 36.4 Å². The largest absolute Gasteiger partial charge is 0.462 e. The van der Waals surface area contributed by atoms with Gasteiger partial charge in [-0.3, -0.25) is 9.69 Å². The first-order valence-electron chi connectivity index (χ1n) is 12.1. The van der Waals surface area contributed by atoms with Crippen LogP contribution < -0.4 is 0 Å². The first kappa shape index (κ1) is 24.6. The van der Waals surface area contributed by atoms with Crippen molar-refractivity contribution in [3.05, 3.63) is 106 Å². The molecule has 0 saturated carbocycles. The summed E-state index contributed by atoms with van der Waals surface area (Å²) in [4.78, 5) is 32.1. The molecule has 1 saturated heterocycles. The molecule has 1 aromatic heterocycles. The first-order valence-corrected chi connectivity index (χ1v) is 12.9. The second-order valence-corrected chi connectivity index (χ2v) is 9.74. The van der Waals surface area contributed by atoms with E-state index < -0.39 is 5.97 Å². The van der Waals surface area contributed by atoms with Crippen molar-refractivity contribution < 1.29 is 14.3 Å². The van der Waals surface area contributed by atoms with Crippen LogP contribution in [0.5, 0.6) is 0 Å². The number of amidine groups is 1. The number of hydrogen-bond acceptors (Lipinski definition) is 5. The quantitative estimate of drug-likeness (QED) is 0.223. The van der Waals surface area contributed by atoms with Gasteiger partial charge in [-0.15, -0.1) is 0 Å². The second-order valence-electron chi connectivity index (χ2n) is 8.73. The Labute approximate surface area is 220 Å². The molecule has 1 fully saturated rings. The minimum absolute atomic E-state index is 0.107. The molecule has 0 aliphatic carbocycles. The average molecular weight is 510 g/mol. The molecule has 0 spiro atoms. The summed E-state index contributed by atoms with van der Waals surface area (Å²) in [5, 5.41) is 1.66. The summed E-state index contributed by atoms with van der Waals surface area (Å²) in [5.41, 5.74) is 5.49. The number of thioether (sulfide) groups is 1. The van der Waals surface area contributed by atoms with Crippen LogP contribution >= 0.6 is 11.8 Å². The summed E-state index contributed by atoms with van der Waals surface area (Å²) in [6.45, 7) is 4.92. The minimum Gasteiger partial charge on any atom is -0.462 e. The van der Waals surface area contributed by atoms with Gasteiger partial charge < -0.3 is 9.30 Å². The number of carbonyl (C=O) groups excluding carboxylic acids is 2. The van der Waals surface area contributed by atoms with Crippen LogP contribution in [0, 0.1) is 6.92 Å². The van der Waals surface area contributed by atoms with E-state index in [1.165, 1.54) is 17.3 Å². The molecule has 37 heavy (non-hydrogen) atoms. The van der Waals surface area contributed by atoms with Gasteiger partial charge in [-0.05, 0) is 61.5 Å². The topological polar surface area (TPSA) is 63.9 Å². The zero-order chi connectivity index (χ0) is 25.9. The fourth-order valence-corrected chi connectivity index (χ4v) is 5.39. The molecule has 5 rings (SSSR count).